The van der Waals surface area contributed by atoms with E-state index in [4.69, 9.17) is 4.74 Å². The van der Waals surface area contributed by atoms with Crippen molar-refractivity contribution in [3.63, 3.8) is 0 Å². The number of amides is 1. The molecule has 1 heterocycles. The summed E-state index contributed by atoms with van der Waals surface area (Å²) in [6, 6.07) is 5.85. The molecule has 3 rings (SSSR count). The fourth-order valence-electron chi connectivity index (χ4n) is 4.14. The van der Waals surface area contributed by atoms with Crippen molar-refractivity contribution in [2.24, 2.45) is 5.92 Å². The van der Waals surface area contributed by atoms with Gasteiger partial charge in [0.15, 0.2) is 6.61 Å². The number of benzene rings is 1. The van der Waals surface area contributed by atoms with Gasteiger partial charge in [0.1, 0.15) is 0 Å². The highest BCUT2D eigenvalue weighted by atomic mass is 32.2. The number of nitrogens with one attached hydrogen (secondary N) is 1. The number of rotatable bonds is 5. The predicted octanol–water partition coefficient (Wildman–Crippen LogP) is 1.93. The highest BCUT2D eigenvalue weighted by molar-refractivity contribution is 7.89. The van der Waals surface area contributed by atoms with E-state index in [-0.39, 0.29) is 29.0 Å². The van der Waals surface area contributed by atoms with Gasteiger partial charge in [0.2, 0.25) is 10.0 Å². The maximum absolute atomic E-state index is 12.6. The Bertz CT molecular complexity index is 806. The zero-order valence-electron chi connectivity index (χ0n) is 15.5. The average Bonchev–Trinajstić information content (AvgIpc) is 2.71. The van der Waals surface area contributed by atoms with Crippen LogP contribution in [-0.2, 0) is 19.6 Å². The number of carbonyl (C=O) groups excluding carboxylic acids is 2. The number of sulfonamides is 1. The lowest BCUT2D eigenvalue weighted by Crippen LogP contribution is -2.50. The molecule has 1 aromatic carbocycles. The van der Waals surface area contributed by atoms with E-state index in [2.05, 4.69) is 4.72 Å². The molecule has 2 aliphatic rings. The smallest absolute Gasteiger partial charge is 0.338 e. The van der Waals surface area contributed by atoms with Gasteiger partial charge in [0, 0.05) is 12.6 Å². The molecule has 7 nitrogen and oxygen atoms in total. The van der Waals surface area contributed by atoms with Crippen molar-refractivity contribution >= 4 is 21.9 Å². The predicted molar refractivity (Wildman–Crippen MR) is 99.7 cm³/mol. The monoisotopic (exact) mass is 394 g/mol. The molecule has 1 N–H and O–H groups in total. The second-order valence-electron chi connectivity index (χ2n) is 7.15. The Morgan fingerprint density at radius 2 is 1.93 bits per heavy atom. The van der Waals surface area contributed by atoms with Crippen molar-refractivity contribution in [1.82, 2.24) is 9.62 Å². The summed E-state index contributed by atoms with van der Waals surface area (Å²) in [5.41, 5.74) is 0.105. The number of ether oxygens (including phenoxy) is 1. The molecule has 2 atom stereocenters. The second-order valence-corrected chi connectivity index (χ2v) is 9.04. The molecule has 0 aromatic heterocycles. The Morgan fingerprint density at radius 1 is 1.19 bits per heavy atom. The summed E-state index contributed by atoms with van der Waals surface area (Å²) in [4.78, 5) is 26.7. The first-order valence-corrected chi connectivity index (χ1v) is 10.9. The molecule has 0 bridgehead atoms. The van der Waals surface area contributed by atoms with E-state index in [0.29, 0.717) is 12.5 Å². The van der Waals surface area contributed by atoms with Crippen LogP contribution in [-0.4, -0.2) is 51.4 Å². The summed E-state index contributed by atoms with van der Waals surface area (Å²) in [6.45, 7) is 0.401. The number of nitrogens with zero attached hydrogens (tertiary/aromatic N) is 1. The van der Waals surface area contributed by atoms with E-state index >= 15 is 0 Å². The lowest BCUT2D eigenvalue weighted by Gasteiger charge is -2.44. The van der Waals surface area contributed by atoms with Crippen LogP contribution in [0.25, 0.3) is 0 Å². The van der Waals surface area contributed by atoms with Gasteiger partial charge < -0.3 is 9.64 Å². The SMILES string of the molecule is CNS(=O)(=O)c1cccc(C(=O)OCC(=O)N2CCC[C@@H]3CCCC[C@H]32)c1. The van der Waals surface area contributed by atoms with Gasteiger partial charge in [-0.15, -0.1) is 0 Å². The molecule has 1 saturated carbocycles. The Balaban J connectivity index is 1.62. The zero-order valence-corrected chi connectivity index (χ0v) is 16.3. The molecule has 148 valence electrons. The van der Waals surface area contributed by atoms with E-state index in [0.717, 1.165) is 19.3 Å². The van der Waals surface area contributed by atoms with Crippen LogP contribution in [0.5, 0.6) is 0 Å². The Hall–Kier alpha value is -1.93. The summed E-state index contributed by atoms with van der Waals surface area (Å²) >= 11 is 0. The van der Waals surface area contributed by atoms with E-state index < -0.39 is 16.0 Å². The van der Waals surface area contributed by atoms with Gasteiger partial charge in [-0.05, 0) is 56.8 Å². The number of fused-ring (bicyclic) bond motifs is 1. The number of piperidine rings is 1. The number of carbonyl (C=O) groups is 2. The first kappa shape index (κ1) is 19.8. The van der Waals surface area contributed by atoms with Crippen LogP contribution in [0.4, 0.5) is 0 Å². The molecule has 1 saturated heterocycles. The summed E-state index contributed by atoms with van der Waals surface area (Å²) < 4.78 is 31.1. The lowest BCUT2D eigenvalue weighted by atomic mass is 9.78. The summed E-state index contributed by atoms with van der Waals surface area (Å²) in [5.74, 6) is -0.303. The van der Waals surface area contributed by atoms with Crippen LogP contribution >= 0.6 is 0 Å². The van der Waals surface area contributed by atoms with Crippen LogP contribution in [0, 0.1) is 5.92 Å². The van der Waals surface area contributed by atoms with Crippen LogP contribution in [0.15, 0.2) is 29.2 Å². The van der Waals surface area contributed by atoms with Crippen molar-refractivity contribution in [3.05, 3.63) is 29.8 Å². The first-order valence-electron chi connectivity index (χ1n) is 9.42. The average molecular weight is 394 g/mol. The van der Waals surface area contributed by atoms with E-state index in [1.54, 1.807) is 0 Å². The van der Waals surface area contributed by atoms with Gasteiger partial charge in [0.05, 0.1) is 10.5 Å². The van der Waals surface area contributed by atoms with Gasteiger partial charge in [-0.2, -0.15) is 0 Å². The largest absolute Gasteiger partial charge is 0.452 e. The van der Waals surface area contributed by atoms with Crippen molar-refractivity contribution in [2.45, 2.75) is 49.5 Å². The molecule has 1 aliphatic carbocycles. The highest BCUT2D eigenvalue weighted by Crippen LogP contribution is 2.35. The molecule has 1 aliphatic heterocycles. The van der Waals surface area contributed by atoms with Crippen molar-refractivity contribution in [3.8, 4) is 0 Å². The first-order chi connectivity index (χ1) is 12.9. The highest BCUT2D eigenvalue weighted by Gasteiger charge is 2.35. The third-order valence-corrected chi connectivity index (χ3v) is 6.95. The number of likely N-dealkylation sites (tertiary alicyclic amines) is 1. The van der Waals surface area contributed by atoms with Gasteiger partial charge in [0.25, 0.3) is 5.91 Å². The van der Waals surface area contributed by atoms with Crippen molar-refractivity contribution in [2.75, 3.05) is 20.2 Å². The third kappa shape index (κ3) is 4.50. The quantitative estimate of drug-likeness (QED) is 0.771. The topological polar surface area (TPSA) is 92.8 Å². The van der Waals surface area contributed by atoms with E-state index in [1.165, 1.54) is 50.6 Å². The second kappa shape index (κ2) is 8.39. The van der Waals surface area contributed by atoms with E-state index in [9.17, 15) is 18.0 Å². The number of esters is 1. The molecule has 1 amide bonds. The minimum absolute atomic E-state index is 0.0214. The molecule has 27 heavy (non-hydrogen) atoms. The van der Waals surface area contributed by atoms with E-state index in [1.807, 2.05) is 4.90 Å². The van der Waals surface area contributed by atoms with Crippen molar-refractivity contribution < 1.29 is 22.7 Å². The molecular weight excluding hydrogens is 368 g/mol. The Morgan fingerprint density at radius 3 is 2.70 bits per heavy atom. The zero-order chi connectivity index (χ0) is 19.4. The normalized spacial score (nSPS) is 22.8. The third-order valence-electron chi connectivity index (χ3n) is 5.54. The lowest BCUT2D eigenvalue weighted by molar-refractivity contribution is -0.140. The molecule has 2 fully saturated rings. The van der Waals surface area contributed by atoms with Crippen LogP contribution in [0.3, 0.4) is 0 Å². The Labute approximate surface area is 160 Å². The molecule has 8 heteroatoms. The molecule has 0 spiro atoms. The summed E-state index contributed by atoms with van der Waals surface area (Å²) in [7, 11) is -2.35. The molecule has 0 unspecified atom stereocenters. The standard InChI is InChI=1S/C19H26N2O5S/c1-20-27(24,25)16-9-4-7-15(12-16)19(23)26-13-18(22)21-11-5-8-14-6-2-3-10-17(14)21/h4,7,9,12,14,17,20H,2-3,5-6,8,10-11,13H2,1H3/t14-,17+/m0/s1. The van der Waals surface area contributed by atoms with Crippen LogP contribution < -0.4 is 4.72 Å². The van der Waals surface area contributed by atoms with Crippen molar-refractivity contribution in [1.29, 1.82) is 0 Å². The minimum atomic E-state index is -3.65. The fraction of sp³-hybridized carbons (Fsp3) is 0.579. The molecule has 0 radical (unpaired) electrons. The van der Waals surface area contributed by atoms with Gasteiger partial charge in [-0.25, -0.2) is 17.9 Å². The van der Waals surface area contributed by atoms with Crippen LogP contribution in [0.2, 0.25) is 0 Å². The van der Waals surface area contributed by atoms with Gasteiger partial charge >= 0.3 is 5.97 Å². The maximum Gasteiger partial charge on any atom is 0.338 e. The Kier molecular flexibility index (Phi) is 6.16. The summed E-state index contributed by atoms with van der Waals surface area (Å²) in [6.07, 6.45) is 6.71. The molecule has 1 aromatic rings. The number of hydrogen-bond acceptors (Lipinski definition) is 5. The fourth-order valence-corrected chi connectivity index (χ4v) is 4.91. The van der Waals surface area contributed by atoms with Gasteiger partial charge in [-0.1, -0.05) is 18.9 Å². The number of hydrogen-bond donors (Lipinski definition) is 1. The van der Waals surface area contributed by atoms with Gasteiger partial charge in [-0.3, -0.25) is 4.79 Å². The summed E-state index contributed by atoms with van der Waals surface area (Å²) in [5, 5.41) is 0. The van der Waals surface area contributed by atoms with Crippen LogP contribution in [0.1, 0.15) is 48.9 Å². The molecular formula is C19H26N2O5S. The minimum Gasteiger partial charge on any atom is -0.452 e. The maximum atomic E-state index is 12.6.